The number of aromatic nitrogens is 2. The normalized spacial score (nSPS) is 10.8. The number of carboxylic acids is 1. The van der Waals surface area contributed by atoms with Crippen LogP contribution in [0.25, 0.3) is 10.2 Å². The molecule has 2 aromatic rings. The van der Waals surface area contributed by atoms with E-state index in [0.29, 0.717) is 33.1 Å². The molecule has 8 nitrogen and oxygen atoms in total. The van der Waals surface area contributed by atoms with Crippen molar-refractivity contribution in [3.8, 4) is 0 Å². The summed E-state index contributed by atoms with van der Waals surface area (Å²) in [6, 6.07) is 0. The minimum Gasteiger partial charge on any atom is -0.544 e. The van der Waals surface area contributed by atoms with Gasteiger partial charge in [-0.25, -0.2) is 9.78 Å². The van der Waals surface area contributed by atoms with Crippen LogP contribution in [0.5, 0.6) is 0 Å². The Kier molecular flexibility index (Phi) is 5.36. The summed E-state index contributed by atoms with van der Waals surface area (Å²) in [5.41, 5.74) is 0.674. The Bertz CT molecular complexity index is 700. The maximum absolute atomic E-state index is 12.1. The van der Waals surface area contributed by atoms with E-state index in [4.69, 9.17) is 9.47 Å². The summed E-state index contributed by atoms with van der Waals surface area (Å²) in [5, 5.41) is 12.7. The fourth-order valence-electron chi connectivity index (χ4n) is 1.91. The number of aliphatic carboxylic acids is 1. The average molecular weight is 325 g/mol. The molecule has 2 rings (SSSR count). The van der Waals surface area contributed by atoms with E-state index in [1.807, 2.05) is 0 Å². The third-order valence-corrected chi connectivity index (χ3v) is 4.10. The number of rotatable bonds is 7. The lowest BCUT2D eigenvalue weighted by Gasteiger charge is -2.03. The molecule has 0 saturated carbocycles. The van der Waals surface area contributed by atoms with Gasteiger partial charge in [-0.15, -0.1) is 11.3 Å². The fraction of sp³-hybridized carbons (Fsp3) is 0.385. The first-order chi connectivity index (χ1) is 10.5. The molecular weight excluding hydrogens is 310 g/mol. The number of ether oxygens (including phenoxy) is 2. The zero-order valence-electron chi connectivity index (χ0n) is 12.1. The second-order valence-corrected chi connectivity index (χ2v) is 5.40. The number of esters is 1. The molecule has 0 aliphatic carbocycles. The van der Waals surface area contributed by atoms with Crippen LogP contribution >= 0.6 is 11.3 Å². The minimum atomic E-state index is -1.20. The van der Waals surface area contributed by atoms with Crippen LogP contribution in [0.1, 0.15) is 15.2 Å². The summed E-state index contributed by atoms with van der Waals surface area (Å²) >= 11 is 1.19. The van der Waals surface area contributed by atoms with E-state index < -0.39 is 11.9 Å². The van der Waals surface area contributed by atoms with Crippen molar-refractivity contribution >= 4 is 39.3 Å². The maximum Gasteiger partial charge on any atom is 0.348 e. The van der Waals surface area contributed by atoms with Gasteiger partial charge in [-0.2, -0.15) is 4.98 Å². The van der Waals surface area contributed by atoms with Gasteiger partial charge in [0.2, 0.25) is 5.82 Å². The number of hydrogen-bond donors (Lipinski definition) is 1. The average Bonchev–Trinajstić information content (AvgIpc) is 2.83. The monoisotopic (exact) mass is 325 g/mol. The molecule has 0 aromatic carbocycles. The third kappa shape index (κ3) is 3.56. The second-order valence-electron chi connectivity index (χ2n) is 4.40. The largest absolute Gasteiger partial charge is 0.544 e. The van der Waals surface area contributed by atoms with Crippen LogP contribution in [0.2, 0.25) is 0 Å². The van der Waals surface area contributed by atoms with Gasteiger partial charge in [0.15, 0.2) is 0 Å². The van der Waals surface area contributed by atoms with E-state index in [9.17, 15) is 14.7 Å². The number of carbonyl (C=O) groups excluding carboxylic acids is 2. The summed E-state index contributed by atoms with van der Waals surface area (Å²) in [6.45, 7) is 1.99. The smallest absolute Gasteiger partial charge is 0.348 e. The van der Waals surface area contributed by atoms with Gasteiger partial charge in [0.25, 0.3) is 0 Å². The summed E-state index contributed by atoms with van der Waals surface area (Å²) in [6.07, 6.45) is 1.33. The number of nitrogens with zero attached hydrogens (tertiary/aromatic N) is 2. The molecule has 0 fully saturated rings. The molecule has 0 aliphatic rings. The highest BCUT2D eigenvalue weighted by molar-refractivity contribution is 7.20. The zero-order valence-corrected chi connectivity index (χ0v) is 12.9. The molecule has 118 valence electrons. The van der Waals surface area contributed by atoms with Crippen molar-refractivity contribution in [2.75, 3.05) is 26.9 Å². The fourth-order valence-corrected chi connectivity index (χ4v) is 2.96. The lowest BCUT2D eigenvalue weighted by molar-refractivity contribution is -0.571. The van der Waals surface area contributed by atoms with E-state index >= 15 is 0 Å². The van der Waals surface area contributed by atoms with Crippen molar-refractivity contribution in [3.05, 3.63) is 16.8 Å². The number of aryl methyl sites for hydroxylation is 1. The molecule has 0 atom stereocenters. The van der Waals surface area contributed by atoms with Crippen molar-refractivity contribution in [1.29, 1.82) is 0 Å². The number of carboxylic acid groups (broad SMARTS) is 1. The van der Waals surface area contributed by atoms with Crippen molar-refractivity contribution in [2.24, 2.45) is 0 Å². The molecule has 9 heteroatoms. The molecule has 0 amide bonds. The number of nitrogens with two attached hydrogens (primary N) is 1. The molecule has 0 spiro atoms. The molecule has 2 heterocycles. The highest BCUT2D eigenvalue weighted by Crippen LogP contribution is 2.31. The number of thiophene rings is 1. The SMILES string of the molecule is COCCOC(=O)c1sc2ncnc([NH2+]CC(=O)[O-])c2c1C. The number of fused-ring (bicyclic) bond motifs is 1. The molecule has 0 unspecified atom stereocenters. The van der Waals surface area contributed by atoms with E-state index in [-0.39, 0.29) is 13.2 Å². The molecule has 0 radical (unpaired) electrons. The van der Waals surface area contributed by atoms with Gasteiger partial charge in [0.05, 0.1) is 18.0 Å². The Morgan fingerprint density at radius 3 is 2.82 bits per heavy atom. The molecular formula is C13H15N3O5S. The topological polar surface area (TPSA) is 118 Å². The van der Waals surface area contributed by atoms with Crippen LogP contribution in [-0.4, -0.2) is 48.8 Å². The van der Waals surface area contributed by atoms with Gasteiger partial charge in [-0.3, -0.25) is 5.32 Å². The van der Waals surface area contributed by atoms with E-state index in [1.54, 1.807) is 6.92 Å². The lowest BCUT2D eigenvalue weighted by atomic mass is 10.2. The van der Waals surface area contributed by atoms with E-state index in [1.165, 1.54) is 30.1 Å². The van der Waals surface area contributed by atoms with E-state index in [0.717, 1.165) is 0 Å². The Morgan fingerprint density at radius 1 is 1.36 bits per heavy atom. The number of carbonyl (C=O) groups is 2. The van der Waals surface area contributed by atoms with Crippen LogP contribution < -0.4 is 10.4 Å². The Hall–Kier alpha value is -2.10. The van der Waals surface area contributed by atoms with Crippen LogP contribution in [0.3, 0.4) is 0 Å². The number of quaternary nitrogens is 1. The molecule has 0 aliphatic heterocycles. The lowest BCUT2D eigenvalue weighted by Crippen LogP contribution is -2.81. The molecule has 0 bridgehead atoms. The molecule has 0 saturated heterocycles. The van der Waals surface area contributed by atoms with Gasteiger partial charge in [-0.1, -0.05) is 0 Å². The third-order valence-electron chi connectivity index (χ3n) is 2.92. The van der Waals surface area contributed by atoms with Gasteiger partial charge >= 0.3 is 5.97 Å². The molecule has 2 aromatic heterocycles. The summed E-state index contributed by atoms with van der Waals surface area (Å²) in [4.78, 5) is 31.9. The van der Waals surface area contributed by atoms with Crippen molar-refractivity contribution < 1.29 is 29.5 Å². The van der Waals surface area contributed by atoms with Crippen LogP contribution in [-0.2, 0) is 14.3 Å². The van der Waals surface area contributed by atoms with Gasteiger partial charge < -0.3 is 19.4 Å². The first kappa shape index (κ1) is 16.3. The van der Waals surface area contributed by atoms with Crippen molar-refractivity contribution in [2.45, 2.75) is 6.92 Å². The van der Waals surface area contributed by atoms with Crippen LogP contribution in [0.15, 0.2) is 6.33 Å². The summed E-state index contributed by atoms with van der Waals surface area (Å²) < 4.78 is 9.93. The molecule has 22 heavy (non-hydrogen) atoms. The van der Waals surface area contributed by atoms with Crippen molar-refractivity contribution in [3.63, 3.8) is 0 Å². The van der Waals surface area contributed by atoms with Crippen LogP contribution in [0, 0.1) is 6.92 Å². The summed E-state index contributed by atoms with van der Waals surface area (Å²) in [5.74, 6) is -1.18. The first-order valence-electron chi connectivity index (χ1n) is 6.47. The van der Waals surface area contributed by atoms with Gasteiger partial charge in [0.1, 0.15) is 29.2 Å². The van der Waals surface area contributed by atoms with E-state index in [2.05, 4.69) is 9.97 Å². The van der Waals surface area contributed by atoms with Gasteiger partial charge in [-0.05, 0) is 12.5 Å². The second kappa shape index (κ2) is 7.25. The Balaban J connectivity index is 2.30. The predicted octanol–water partition coefficient (Wildman–Crippen LogP) is -1.25. The minimum absolute atomic E-state index is 0.165. The highest BCUT2D eigenvalue weighted by atomic mass is 32.1. The number of methoxy groups -OCH3 is 1. The molecule has 2 N–H and O–H groups in total. The first-order valence-corrected chi connectivity index (χ1v) is 7.29. The Labute approximate surface area is 130 Å². The zero-order chi connectivity index (χ0) is 16.1. The quantitative estimate of drug-likeness (QED) is 0.499. The van der Waals surface area contributed by atoms with Crippen molar-refractivity contribution in [1.82, 2.24) is 9.97 Å². The van der Waals surface area contributed by atoms with Gasteiger partial charge in [0, 0.05) is 7.11 Å². The Morgan fingerprint density at radius 2 is 2.14 bits per heavy atom. The number of hydrogen-bond acceptors (Lipinski definition) is 8. The highest BCUT2D eigenvalue weighted by Gasteiger charge is 2.21. The maximum atomic E-state index is 12.1. The summed E-state index contributed by atoms with van der Waals surface area (Å²) in [7, 11) is 1.52. The standard InChI is InChI=1S/C13H15N3O5S/c1-7-9-11(14-5-8(17)18)15-6-16-12(9)22-10(7)13(19)21-4-3-20-2/h6H,3-5H2,1-2H3,(H,17,18)(H,14,15,16). The van der Waals surface area contributed by atoms with Crippen LogP contribution in [0.4, 0.5) is 5.82 Å². The predicted molar refractivity (Wildman–Crippen MR) is 75.8 cm³/mol.